The number of carbonyl (C=O) groups is 1. The maximum atomic E-state index is 10.9. The number of carbonyl (C=O) groups excluding carboxylic acids is 1. The van der Waals surface area contributed by atoms with E-state index in [0.717, 1.165) is 0 Å². The first-order valence-corrected chi connectivity index (χ1v) is 5.66. The van der Waals surface area contributed by atoms with E-state index in [-0.39, 0.29) is 22.4 Å². The monoisotopic (exact) mass is 261 g/mol. The summed E-state index contributed by atoms with van der Waals surface area (Å²) in [6.45, 7) is 1.31. The van der Waals surface area contributed by atoms with E-state index in [0.29, 0.717) is 5.55 Å². The Morgan fingerprint density at radius 2 is 2.19 bits per heavy atom. The third kappa shape index (κ3) is 3.56. The molecule has 0 radical (unpaired) electrons. The van der Waals surface area contributed by atoms with Crippen molar-refractivity contribution in [2.75, 3.05) is 5.32 Å². The molecule has 0 atom stereocenters. The number of rotatable bonds is 3. The first-order chi connectivity index (χ1) is 7.50. The smallest absolute Gasteiger partial charge is 0.249 e. The zero-order chi connectivity index (χ0) is 12.1. The third-order valence-electron chi connectivity index (χ3n) is 1.53. The highest BCUT2D eigenvalue weighted by Gasteiger charge is 2.08. The van der Waals surface area contributed by atoms with Gasteiger partial charge in [0.2, 0.25) is 21.8 Å². The Morgan fingerprint density at radius 3 is 2.75 bits per heavy atom. The molecule has 0 saturated carbocycles. The molecule has 1 rings (SSSR count). The van der Waals surface area contributed by atoms with Gasteiger partial charge in [0.05, 0.1) is 5.02 Å². The summed E-state index contributed by atoms with van der Waals surface area (Å²) in [7, 11) is -2.45. The number of hydrogen-bond donors (Lipinski definition) is 1. The van der Waals surface area contributed by atoms with Crippen LogP contribution in [0.15, 0.2) is 18.2 Å². The minimum atomic E-state index is -2.45. The fourth-order valence-corrected chi connectivity index (χ4v) is 1.39. The van der Waals surface area contributed by atoms with Crippen LogP contribution in [0.3, 0.4) is 0 Å². The van der Waals surface area contributed by atoms with Gasteiger partial charge in [-0.15, -0.1) is 0 Å². The lowest BCUT2D eigenvalue weighted by Gasteiger charge is -2.09. The number of ether oxygens (including phenoxy) is 1. The van der Waals surface area contributed by atoms with Crippen molar-refractivity contribution in [2.24, 2.45) is 0 Å². The van der Waals surface area contributed by atoms with Gasteiger partial charge in [0, 0.05) is 6.92 Å². The van der Waals surface area contributed by atoms with Crippen molar-refractivity contribution in [3.8, 4) is 5.75 Å². The fraction of sp³-hybridized carbons (Fsp3) is 0.111. The van der Waals surface area contributed by atoms with Crippen LogP contribution in [0.5, 0.6) is 5.75 Å². The van der Waals surface area contributed by atoms with Crippen molar-refractivity contribution in [3.63, 3.8) is 0 Å². The van der Waals surface area contributed by atoms with Crippen LogP contribution < -0.4 is 10.1 Å². The van der Waals surface area contributed by atoms with E-state index in [1.54, 1.807) is 12.1 Å². The zero-order valence-electron chi connectivity index (χ0n) is 8.23. The predicted octanol–water partition coefficient (Wildman–Crippen LogP) is 1.32. The van der Waals surface area contributed by atoms with Gasteiger partial charge < -0.3 is 10.1 Å². The van der Waals surface area contributed by atoms with Crippen LogP contribution in [0, 0.1) is 0 Å². The van der Waals surface area contributed by atoms with E-state index in [9.17, 15) is 13.2 Å². The van der Waals surface area contributed by atoms with Crippen molar-refractivity contribution >= 4 is 39.0 Å². The molecule has 1 N–H and O–H groups in total. The molecule has 7 heteroatoms. The highest BCUT2D eigenvalue weighted by Crippen LogP contribution is 2.31. The van der Waals surface area contributed by atoms with Crippen molar-refractivity contribution in [2.45, 2.75) is 6.92 Å². The summed E-state index contributed by atoms with van der Waals surface area (Å²) in [5.74, 6) is -0.173. The molecule has 0 aliphatic heterocycles. The predicted molar refractivity (Wildman–Crippen MR) is 61.4 cm³/mol. The van der Waals surface area contributed by atoms with Crippen molar-refractivity contribution in [3.05, 3.63) is 23.2 Å². The van der Waals surface area contributed by atoms with Gasteiger partial charge in [0.1, 0.15) is 5.69 Å². The van der Waals surface area contributed by atoms with E-state index in [1.165, 1.54) is 13.0 Å². The maximum absolute atomic E-state index is 10.9. The molecule has 0 aliphatic carbocycles. The molecule has 16 heavy (non-hydrogen) atoms. The number of anilines is 1. The van der Waals surface area contributed by atoms with E-state index in [1.807, 2.05) is 0 Å². The summed E-state index contributed by atoms with van der Waals surface area (Å²) < 4.78 is 25.4. The zero-order valence-corrected chi connectivity index (χ0v) is 9.80. The minimum Gasteiger partial charge on any atom is -0.447 e. The Bertz CT molecular complexity index is 530. The molecule has 0 aliphatic rings. The summed E-state index contributed by atoms with van der Waals surface area (Å²) in [5, 5.41) is 2.71. The van der Waals surface area contributed by atoms with Crippen molar-refractivity contribution in [1.82, 2.24) is 0 Å². The molecule has 1 amide bonds. The van der Waals surface area contributed by atoms with E-state index in [4.69, 9.17) is 16.3 Å². The van der Waals surface area contributed by atoms with Gasteiger partial charge in [0.25, 0.3) is 0 Å². The topological polar surface area (TPSA) is 72.5 Å². The second kappa shape index (κ2) is 5.53. The molecule has 0 saturated heterocycles. The summed E-state index contributed by atoms with van der Waals surface area (Å²) in [6.07, 6.45) is 0. The molecule has 0 heterocycles. The van der Waals surface area contributed by atoms with Gasteiger partial charge in [-0.05, 0) is 12.1 Å². The second-order valence-electron chi connectivity index (χ2n) is 2.77. The first kappa shape index (κ1) is 12.5. The van der Waals surface area contributed by atoms with Gasteiger partial charge in [-0.3, -0.25) is 4.79 Å². The number of amides is 1. The number of halogens is 1. The molecular weight excluding hydrogens is 254 g/mol. The Kier molecular flexibility index (Phi) is 4.33. The molecule has 0 fully saturated rings. The van der Waals surface area contributed by atoms with Crippen LogP contribution in [0.4, 0.5) is 5.69 Å². The van der Waals surface area contributed by atoms with E-state index < -0.39 is 10.3 Å². The van der Waals surface area contributed by atoms with Crippen LogP contribution in [0.1, 0.15) is 6.92 Å². The summed E-state index contributed by atoms with van der Waals surface area (Å²) in [6, 6.07) is 4.61. The standard InChI is InChI=1S/C9H8ClNO4S/c1-6(12)11-9-7(10)3-2-4-8(9)15-5-16(13)14/h2-5H,1H3,(H,11,12). The Morgan fingerprint density at radius 1 is 1.50 bits per heavy atom. The van der Waals surface area contributed by atoms with Crippen LogP contribution in [0.2, 0.25) is 5.02 Å². The highest BCUT2D eigenvalue weighted by molar-refractivity contribution is 7.71. The molecule has 1 aromatic rings. The Labute approximate surface area is 98.5 Å². The number of nitrogens with one attached hydrogen (secondary N) is 1. The lowest BCUT2D eigenvalue weighted by Crippen LogP contribution is -2.08. The van der Waals surface area contributed by atoms with Gasteiger partial charge in [-0.1, -0.05) is 17.7 Å². The summed E-state index contributed by atoms with van der Waals surface area (Å²) >= 11 is 5.83. The molecule has 0 bridgehead atoms. The maximum Gasteiger partial charge on any atom is 0.249 e. The summed E-state index contributed by atoms with van der Waals surface area (Å²) in [4.78, 5) is 10.9. The van der Waals surface area contributed by atoms with Crippen LogP contribution >= 0.6 is 11.6 Å². The van der Waals surface area contributed by atoms with Gasteiger partial charge in [-0.25, -0.2) is 0 Å². The minimum absolute atomic E-state index is 0.159. The average Bonchev–Trinajstić information content (AvgIpc) is 2.18. The number of benzene rings is 1. The second-order valence-corrected chi connectivity index (χ2v) is 3.89. The van der Waals surface area contributed by atoms with Crippen LogP contribution in [0.25, 0.3) is 0 Å². The lowest BCUT2D eigenvalue weighted by molar-refractivity contribution is -0.114. The molecule has 0 spiro atoms. The molecular formula is C9H8ClNO4S. The summed E-state index contributed by atoms with van der Waals surface area (Å²) in [5.41, 5.74) is 0.843. The number of para-hydroxylation sites is 1. The van der Waals surface area contributed by atoms with Gasteiger partial charge >= 0.3 is 0 Å². The number of hydrogen-bond acceptors (Lipinski definition) is 4. The normalized spacial score (nSPS) is 9.38. The lowest BCUT2D eigenvalue weighted by atomic mass is 10.3. The van der Waals surface area contributed by atoms with Crippen molar-refractivity contribution < 1.29 is 17.9 Å². The van der Waals surface area contributed by atoms with Gasteiger partial charge in [-0.2, -0.15) is 8.42 Å². The fourth-order valence-electron chi connectivity index (χ4n) is 0.991. The first-order valence-electron chi connectivity index (χ1n) is 4.15. The highest BCUT2D eigenvalue weighted by atomic mass is 35.5. The molecule has 86 valence electrons. The van der Waals surface area contributed by atoms with Crippen LogP contribution in [-0.4, -0.2) is 19.9 Å². The molecule has 5 nitrogen and oxygen atoms in total. The molecule has 0 unspecified atom stereocenters. The van der Waals surface area contributed by atoms with Gasteiger partial charge in [0.15, 0.2) is 5.75 Å². The Balaban J connectivity index is 3.12. The van der Waals surface area contributed by atoms with Crippen molar-refractivity contribution in [1.29, 1.82) is 0 Å². The Hall–Kier alpha value is -1.53. The van der Waals surface area contributed by atoms with E-state index in [2.05, 4.69) is 5.32 Å². The SMILES string of the molecule is CC(=O)Nc1c(Cl)cccc1OC=S(=O)=O. The quantitative estimate of drug-likeness (QED) is 0.833. The van der Waals surface area contributed by atoms with Crippen LogP contribution in [-0.2, 0) is 15.1 Å². The average molecular weight is 262 g/mol. The molecule has 0 aromatic heterocycles. The molecule has 1 aromatic carbocycles. The largest absolute Gasteiger partial charge is 0.447 e. The van der Waals surface area contributed by atoms with E-state index >= 15 is 0 Å². The third-order valence-corrected chi connectivity index (χ3v) is 2.10.